The van der Waals surface area contributed by atoms with Gasteiger partial charge in [-0.2, -0.15) is 0 Å². The van der Waals surface area contributed by atoms with Crippen LogP contribution in [0.2, 0.25) is 0 Å². The van der Waals surface area contributed by atoms with E-state index in [1.54, 1.807) is 0 Å². The maximum Gasteiger partial charge on any atom is 0.329 e. The quantitative estimate of drug-likeness (QED) is 0.456. The third kappa shape index (κ3) is 7.38. The van der Waals surface area contributed by atoms with Crippen molar-refractivity contribution < 1.29 is 30.0 Å². The van der Waals surface area contributed by atoms with Gasteiger partial charge in [-0.25, -0.2) is 4.79 Å². The molecular weight excluding hydrogens is 245 g/mol. The molecule has 0 saturated heterocycles. The van der Waals surface area contributed by atoms with Crippen molar-refractivity contribution in [3.8, 4) is 0 Å². The van der Waals surface area contributed by atoms with Crippen LogP contribution in [0.5, 0.6) is 0 Å². The van der Waals surface area contributed by atoms with Crippen molar-refractivity contribution in [1.29, 1.82) is 0 Å². The van der Waals surface area contributed by atoms with E-state index >= 15 is 0 Å². The predicted molar refractivity (Wildman–Crippen MR) is 49.7 cm³/mol. The summed E-state index contributed by atoms with van der Waals surface area (Å²) in [6, 6.07) is -2.28. The highest BCUT2D eigenvalue weighted by atomic mass is 32.7. The van der Waals surface area contributed by atoms with Crippen LogP contribution in [0.1, 0.15) is 8.29 Å². The van der Waals surface area contributed by atoms with Crippen molar-refractivity contribution >= 4 is 30.1 Å². The summed E-state index contributed by atoms with van der Waals surface area (Å²) in [6.07, 6.45) is 0. The molecule has 0 aliphatic carbocycles. The van der Waals surface area contributed by atoms with Gasteiger partial charge in [-0.05, 0) is 6.80 Å². The van der Waals surface area contributed by atoms with E-state index < -0.39 is 30.4 Å². The molecule has 0 heterocycles. The molecule has 88 valence electrons. The number of amides is 1. The summed E-state index contributed by atoms with van der Waals surface area (Å²) in [5, 5.41) is 1.91. The second kappa shape index (κ2) is 6.12. The summed E-state index contributed by atoms with van der Waals surface area (Å²) in [5.41, 5.74) is 0. The lowest BCUT2D eigenvalue weighted by Crippen LogP contribution is -2.42. The van der Waals surface area contributed by atoms with Gasteiger partial charge in [0.15, 0.2) is 0 Å². The summed E-state index contributed by atoms with van der Waals surface area (Å²) in [6.45, 7) is -3.87. The van der Waals surface area contributed by atoms with Gasteiger partial charge in [0.05, 0.1) is 8.48 Å². The second-order valence-corrected chi connectivity index (χ2v) is 5.93. The van der Waals surface area contributed by atoms with Crippen LogP contribution in [0.3, 0.4) is 0 Å². The molecule has 15 heavy (non-hydrogen) atoms. The lowest BCUT2D eigenvalue weighted by molar-refractivity contribution is -0.302. The first-order valence-electron chi connectivity index (χ1n) is 4.14. The Morgan fingerprint density at radius 2 is 2.20 bits per heavy atom. The standard InChI is InChI=1S/C6H12NO6PS/c1-4(8)7-5(6(9)13-2)3-15-14(10,11)12/h5H,3H2,1-2H3,(H,7,8)(H2,10,11,12)/p-2/i5D. The van der Waals surface area contributed by atoms with Crippen molar-refractivity contribution in [3.63, 3.8) is 0 Å². The molecule has 9 heteroatoms. The highest BCUT2D eigenvalue weighted by molar-refractivity contribution is 8.53. The van der Waals surface area contributed by atoms with Crippen molar-refractivity contribution in [2.45, 2.75) is 12.9 Å². The van der Waals surface area contributed by atoms with E-state index in [1.807, 2.05) is 5.32 Å². The zero-order valence-electron chi connectivity index (χ0n) is 9.01. The van der Waals surface area contributed by atoms with Crippen LogP contribution in [0, 0.1) is 0 Å². The number of nitrogens with one attached hydrogen (secondary N) is 1. The number of hydrogen-bond donors (Lipinski definition) is 1. The Labute approximate surface area is 91.9 Å². The van der Waals surface area contributed by atoms with Crippen LogP contribution < -0.4 is 15.1 Å². The Hall–Kier alpha value is -0.560. The summed E-state index contributed by atoms with van der Waals surface area (Å²) >= 11 is -0.132. The summed E-state index contributed by atoms with van der Waals surface area (Å²) in [5.74, 6) is -2.60. The minimum Gasteiger partial charge on any atom is -0.803 e. The molecule has 0 aromatic rings. The molecule has 0 aromatic carbocycles. The third-order valence-electron chi connectivity index (χ3n) is 1.13. The summed E-state index contributed by atoms with van der Waals surface area (Å²) in [7, 11) is 0.978. The number of carbonyl (C=O) groups is 2. The number of ether oxygens (including phenoxy) is 1. The Balaban J connectivity index is 4.73. The molecule has 1 atom stereocenters. The van der Waals surface area contributed by atoms with Gasteiger partial charge in [0.25, 0.3) is 0 Å². The molecule has 1 unspecified atom stereocenters. The molecule has 0 bridgehead atoms. The van der Waals surface area contributed by atoms with E-state index in [4.69, 9.17) is 1.37 Å². The second-order valence-electron chi connectivity index (χ2n) is 2.37. The molecule has 0 fully saturated rings. The fourth-order valence-corrected chi connectivity index (χ4v) is 1.96. The van der Waals surface area contributed by atoms with Crippen LogP contribution in [0.25, 0.3) is 0 Å². The largest absolute Gasteiger partial charge is 0.803 e. The molecule has 0 aromatic heterocycles. The lowest BCUT2D eigenvalue weighted by atomic mass is 10.3. The first-order valence-corrected chi connectivity index (χ1v) is 6.78. The zero-order valence-corrected chi connectivity index (χ0v) is 9.72. The Morgan fingerprint density at radius 3 is 2.53 bits per heavy atom. The molecule has 1 amide bonds. The van der Waals surface area contributed by atoms with Gasteiger partial charge >= 0.3 is 5.97 Å². The van der Waals surface area contributed by atoms with E-state index in [9.17, 15) is 23.9 Å². The Kier molecular flexibility index (Phi) is 5.10. The minimum atomic E-state index is -4.92. The van der Waals surface area contributed by atoms with Crippen molar-refractivity contribution in [2.24, 2.45) is 0 Å². The van der Waals surface area contributed by atoms with E-state index in [-0.39, 0.29) is 11.4 Å². The van der Waals surface area contributed by atoms with E-state index in [1.165, 1.54) is 0 Å². The lowest BCUT2D eigenvalue weighted by Gasteiger charge is -2.29. The van der Waals surface area contributed by atoms with E-state index in [0.29, 0.717) is 0 Å². The van der Waals surface area contributed by atoms with Gasteiger partial charge in [-0.1, -0.05) is 0 Å². The SMILES string of the molecule is [2H]C(CSP(=O)([O-])[O-])(NC(C)=O)C(=O)OC. The van der Waals surface area contributed by atoms with E-state index in [0.717, 1.165) is 14.0 Å². The molecule has 0 aliphatic rings. The maximum absolute atomic E-state index is 11.2. The van der Waals surface area contributed by atoms with Crippen LogP contribution in [-0.2, 0) is 18.9 Å². The highest BCUT2D eigenvalue weighted by Crippen LogP contribution is 2.41. The van der Waals surface area contributed by atoms with Gasteiger partial charge in [0.2, 0.25) is 5.91 Å². The maximum atomic E-state index is 11.2. The fourth-order valence-electron chi connectivity index (χ4n) is 0.625. The van der Waals surface area contributed by atoms with Crippen molar-refractivity contribution in [1.82, 2.24) is 5.32 Å². The van der Waals surface area contributed by atoms with Gasteiger partial charge in [-0.3, -0.25) is 4.79 Å². The minimum absolute atomic E-state index is 0.132. The molecular formula is C6H10NO6PS-2. The topological polar surface area (TPSA) is 119 Å². The normalized spacial score (nSPS) is 16.1. The highest BCUT2D eigenvalue weighted by Gasteiger charge is 2.20. The van der Waals surface area contributed by atoms with Crippen molar-refractivity contribution in [2.75, 3.05) is 12.9 Å². The number of methoxy groups -OCH3 is 1. The molecule has 0 spiro atoms. The first kappa shape index (κ1) is 12.5. The van der Waals surface area contributed by atoms with Crippen LogP contribution in [0.15, 0.2) is 0 Å². The molecule has 0 aliphatic heterocycles. The van der Waals surface area contributed by atoms with Crippen molar-refractivity contribution in [3.05, 3.63) is 0 Å². The van der Waals surface area contributed by atoms with Crippen LogP contribution in [-0.4, -0.2) is 30.8 Å². The average Bonchev–Trinajstić information content (AvgIpc) is 2.11. The molecule has 0 radical (unpaired) electrons. The summed E-state index contributed by atoms with van der Waals surface area (Å²) in [4.78, 5) is 42.6. The molecule has 0 saturated carbocycles. The van der Waals surface area contributed by atoms with Gasteiger partial charge in [0.1, 0.15) is 6.02 Å². The predicted octanol–water partition coefficient (Wildman–Crippen LogP) is -1.77. The monoisotopic (exact) mass is 256 g/mol. The number of hydrogen-bond acceptors (Lipinski definition) is 7. The van der Waals surface area contributed by atoms with Gasteiger partial charge < -0.3 is 24.4 Å². The Morgan fingerprint density at radius 1 is 1.67 bits per heavy atom. The van der Waals surface area contributed by atoms with Crippen LogP contribution in [0.4, 0.5) is 0 Å². The smallest absolute Gasteiger partial charge is 0.329 e. The third-order valence-corrected chi connectivity index (χ3v) is 3.20. The van der Waals surface area contributed by atoms with Crippen LogP contribution >= 0.6 is 18.2 Å². The molecule has 0 rings (SSSR count). The summed E-state index contributed by atoms with van der Waals surface area (Å²) < 4.78 is 22.1. The fraction of sp³-hybridized carbons (Fsp3) is 0.667. The molecule has 1 N–H and O–H groups in total. The number of carbonyl (C=O) groups excluding carboxylic acids is 2. The number of esters is 1. The number of rotatable bonds is 5. The Bertz CT molecular complexity index is 333. The first-order chi connectivity index (χ1) is 7.10. The zero-order chi connectivity index (χ0) is 13.0. The average molecular weight is 256 g/mol. The van der Waals surface area contributed by atoms with Gasteiger partial charge in [-0.15, -0.1) is 11.4 Å². The van der Waals surface area contributed by atoms with Gasteiger partial charge in [0, 0.05) is 12.7 Å². The van der Waals surface area contributed by atoms with E-state index in [2.05, 4.69) is 4.74 Å². The molecule has 7 nitrogen and oxygen atoms in total.